The molecule has 2 unspecified atom stereocenters. The van der Waals surface area contributed by atoms with Gasteiger partial charge in [0.15, 0.2) is 0 Å². The third-order valence-electron chi connectivity index (χ3n) is 4.24. The van der Waals surface area contributed by atoms with E-state index in [9.17, 15) is 8.42 Å². The van der Waals surface area contributed by atoms with Crippen LogP contribution in [-0.4, -0.2) is 51.4 Å². The van der Waals surface area contributed by atoms with Crippen molar-refractivity contribution in [3.8, 4) is 0 Å². The van der Waals surface area contributed by atoms with Crippen LogP contribution in [0.5, 0.6) is 0 Å². The van der Waals surface area contributed by atoms with Gasteiger partial charge in [-0.15, -0.1) is 0 Å². The van der Waals surface area contributed by atoms with Crippen LogP contribution >= 0.6 is 0 Å². The number of nitrogens with two attached hydrogens (primary N) is 1. The Labute approximate surface area is 127 Å². The van der Waals surface area contributed by atoms with E-state index >= 15 is 0 Å². The van der Waals surface area contributed by atoms with Crippen LogP contribution in [-0.2, 0) is 10.0 Å². The Balaban J connectivity index is 2.16. The highest BCUT2D eigenvalue weighted by molar-refractivity contribution is 7.89. The fraction of sp³-hybridized carbons (Fsp3) is 0.643. The lowest BCUT2D eigenvalue weighted by Gasteiger charge is -2.37. The summed E-state index contributed by atoms with van der Waals surface area (Å²) in [4.78, 5) is 6.73. The molecule has 1 aliphatic rings. The lowest BCUT2D eigenvalue weighted by Crippen LogP contribution is -2.43. The van der Waals surface area contributed by atoms with E-state index in [2.05, 4.69) is 16.8 Å². The maximum Gasteiger partial charge on any atom is 0.244 e. The van der Waals surface area contributed by atoms with E-state index in [-0.39, 0.29) is 4.90 Å². The second kappa shape index (κ2) is 6.29. The summed E-state index contributed by atoms with van der Waals surface area (Å²) in [5.41, 5.74) is 5.82. The third-order valence-corrected chi connectivity index (χ3v) is 6.04. The number of piperidine rings is 1. The molecule has 1 saturated heterocycles. The third kappa shape index (κ3) is 3.36. The van der Waals surface area contributed by atoms with E-state index in [1.807, 2.05) is 0 Å². The predicted molar refractivity (Wildman–Crippen MR) is 83.6 cm³/mol. The topological polar surface area (TPSA) is 79.5 Å². The molecule has 0 saturated carbocycles. The average Bonchev–Trinajstić information content (AvgIpc) is 2.47. The first-order chi connectivity index (χ1) is 9.86. The number of hydrogen-bond donors (Lipinski definition) is 1. The van der Waals surface area contributed by atoms with Gasteiger partial charge in [-0.05, 0) is 36.9 Å². The number of anilines is 1. The van der Waals surface area contributed by atoms with E-state index in [4.69, 9.17) is 5.73 Å². The molecule has 0 aromatic carbocycles. The van der Waals surface area contributed by atoms with E-state index in [0.717, 1.165) is 25.3 Å². The molecule has 0 radical (unpaired) electrons. The van der Waals surface area contributed by atoms with Crippen LogP contribution in [0.4, 0.5) is 5.82 Å². The summed E-state index contributed by atoms with van der Waals surface area (Å²) >= 11 is 0. The Morgan fingerprint density at radius 1 is 1.43 bits per heavy atom. The van der Waals surface area contributed by atoms with Crippen molar-refractivity contribution in [2.24, 2.45) is 17.6 Å². The highest BCUT2D eigenvalue weighted by atomic mass is 32.2. The highest BCUT2D eigenvalue weighted by Gasteiger charge is 2.26. The zero-order valence-corrected chi connectivity index (χ0v) is 13.7. The van der Waals surface area contributed by atoms with Crippen molar-refractivity contribution in [2.75, 3.05) is 38.6 Å². The number of rotatable bonds is 4. The van der Waals surface area contributed by atoms with Gasteiger partial charge < -0.3 is 10.6 Å². The lowest BCUT2D eigenvalue weighted by atomic mass is 9.87. The van der Waals surface area contributed by atoms with Gasteiger partial charge in [-0.3, -0.25) is 0 Å². The van der Waals surface area contributed by atoms with Gasteiger partial charge >= 0.3 is 0 Å². The standard InChI is InChI=1S/C14H24N4O2S/c1-11-6-7-18(10-12(11)8-15)14-5-4-13(9-16-14)21(19,20)17(2)3/h4-5,9,11-12H,6-8,10,15H2,1-3H3. The summed E-state index contributed by atoms with van der Waals surface area (Å²) in [5, 5.41) is 0. The maximum absolute atomic E-state index is 12.0. The molecule has 0 spiro atoms. The minimum atomic E-state index is -3.42. The van der Waals surface area contributed by atoms with E-state index in [1.54, 1.807) is 12.1 Å². The number of hydrogen-bond acceptors (Lipinski definition) is 5. The summed E-state index contributed by atoms with van der Waals surface area (Å²) in [5.74, 6) is 1.91. The molecule has 0 amide bonds. The van der Waals surface area contributed by atoms with Crippen LogP contribution in [0.2, 0.25) is 0 Å². The van der Waals surface area contributed by atoms with Gasteiger partial charge in [-0.1, -0.05) is 6.92 Å². The summed E-state index contributed by atoms with van der Waals surface area (Å²) in [7, 11) is -0.386. The van der Waals surface area contributed by atoms with Crippen LogP contribution in [0.25, 0.3) is 0 Å². The van der Waals surface area contributed by atoms with Crippen LogP contribution < -0.4 is 10.6 Å². The van der Waals surface area contributed by atoms with E-state index in [1.165, 1.54) is 24.6 Å². The van der Waals surface area contributed by atoms with Crippen molar-refractivity contribution in [1.82, 2.24) is 9.29 Å². The molecule has 2 heterocycles. The Kier molecular flexibility index (Phi) is 4.85. The number of sulfonamides is 1. The molecule has 118 valence electrons. The Bertz CT molecular complexity index is 571. The maximum atomic E-state index is 12.0. The predicted octanol–water partition coefficient (Wildman–Crippen LogP) is 0.753. The van der Waals surface area contributed by atoms with E-state index in [0.29, 0.717) is 18.4 Å². The average molecular weight is 312 g/mol. The summed E-state index contributed by atoms with van der Waals surface area (Å²) in [6.07, 6.45) is 2.52. The molecule has 1 fully saturated rings. The second-order valence-electron chi connectivity index (χ2n) is 5.85. The SMILES string of the molecule is CC1CCN(c2ccc(S(=O)(=O)N(C)C)cn2)CC1CN. The molecule has 6 nitrogen and oxygen atoms in total. The van der Waals surface area contributed by atoms with Crippen molar-refractivity contribution >= 4 is 15.8 Å². The largest absolute Gasteiger partial charge is 0.356 e. The summed E-state index contributed by atoms with van der Waals surface area (Å²) < 4.78 is 25.2. The van der Waals surface area contributed by atoms with Crippen molar-refractivity contribution in [3.63, 3.8) is 0 Å². The van der Waals surface area contributed by atoms with Crippen molar-refractivity contribution in [2.45, 2.75) is 18.2 Å². The fourth-order valence-electron chi connectivity index (χ4n) is 2.59. The molecule has 1 aromatic rings. The zero-order chi connectivity index (χ0) is 15.6. The van der Waals surface area contributed by atoms with Crippen LogP contribution in [0.1, 0.15) is 13.3 Å². The van der Waals surface area contributed by atoms with Crippen LogP contribution in [0, 0.1) is 11.8 Å². The Morgan fingerprint density at radius 2 is 2.14 bits per heavy atom. The van der Waals surface area contributed by atoms with Gasteiger partial charge in [0.2, 0.25) is 10.0 Å². The highest BCUT2D eigenvalue weighted by Crippen LogP contribution is 2.26. The van der Waals surface area contributed by atoms with Crippen LogP contribution in [0.15, 0.2) is 23.2 Å². The molecule has 1 aliphatic heterocycles. The quantitative estimate of drug-likeness (QED) is 0.887. The number of nitrogens with zero attached hydrogens (tertiary/aromatic N) is 3. The molecule has 0 bridgehead atoms. The smallest absolute Gasteiger partial charge is 0.244 e. The zero-order valence-electron chi connectivity index (χ0n) is 12.9. The minimum Gasteiger partial charge on any atom is -0.356 e. The summed E-state index contributed by atoms with van der Waals surface area (Å²) in [6.45, 7) is 4.72. The monoisotopic (exact) mass is 312 g/mol. The molecular formula is C14H24N4O2S. The normalized spacial score (nSPS) is 23.6. The number of pyridine rings is 1. The first kappa shape index (κ1) is 16.2. The summed E-state index contributed by atoms with van der Waals surface area (Å²) in [6, 6.07) is 3.40. The van der Waals surface area contributed by atoms with Gasteiger partial charge in [-0.25, -0.2) is 17.7 Å². The molecular weight excluding hydrogens is 288 g/mol. The fourth-order valence-corrected chi connectivity index (χ4v) is 3.43. The molecule has 21 heavy (non-hydrogen) atoms. The van der Waals surface area contributed by atoms with E-state index < -0.39 is 10.0 Å². The molecule has 2 N–H and O–H groups in total. The molecule has 2 atom stereocenters. The first-order valence-electron chi connectivity index (χ1n) is 7.20. The van der Waals surface area contributed by atoms with Gasteiger partial charge in [0.1, 0.15) is 10.7 Å². The first-order valence-corrected chi connectivity index (χ1v) is 8.64. The Hall–Kier alpha value is -1.18. The van der Waals surface area contributed by atoms with Crippen molar-refractivity contribution < 1.29 is 8.42 Å². The van der Waals surface area contributed by atoms with Gasteiger partial charge in [-0.2, -0.15) is 0 Å². The molecule has 1 aromatic heterocycles. The second-order valence-corrected chi connectivity index (χ2v) is 8.00. The van der Waals surface area contributed by atoms with Gasteiger partial charge in [0.25, 0.3) is 0 Å². The van der Waals surface area contributed by atoms with Crippen LogP contribution in [0.3, 0.4) is 0 Å². The minimum absolute atomic E-state index is 0.219. The van der Waals surface area contributed by atoms with Crippen molar-refractivity contribution in [3.05, 3.63) is 18.3 Å². The molecule has 0 aliphatic carbocycles. The molecule has 2 rings (SSSR count). The Morgan fingerprint density at radius 3 is 2.67 bits per heavy atom. The molecule has 7 heteroatoms. The number of aromatic nitrogens is 1. The van der Waals surface area contributed by atoms with Gasteiger partial charge in [0.05, 0.1) is 0 Å². The lowest BCUT2D eigenvalue weighted by molar-refractivity contribution is 0.307. The van der Waals surface area contributed by atoms with Crippen molar-refractivity contribution in [1.29, 1.82) is 0 Å². The van der Waals surface area contributed by atoms with Gasteiger partial charge in [0, 0.05) is 33.4 Å².